The fourth-order valence-electron chi connectivity index (χ4n) is 1.42. The number of carbonyl (C=O) groups excluding carboxylic acids is 1. The number of hydrogen-bond acceptors (Lipinski definition) is 4. The minimum atomic E-state index is 0.342. The number of aromatic nitrogens is 5. The van der Waals surface area contributed by atoms with Gasteiger partial charge in [0, 0.05) is 7.05 Å². The third kappa shape index (κ3) is 1.93. The summed E-state index contributed by atoms with van der Waals surface area (Å²) < 4.78 is 3.40. The first kappa shape index (κ1) is 9.57. The van der Waals surface area contributed by atoms with E-state index in [4.69, 9.17) is 0 Å². The van der Waals surface area contributed by atoms with E-state index in [0.717, 1.165) is 11.4 Å². The maximum absolute atomic E-state index is 10.4. The molecule has 6 heteroatoms. The first-order chi connectivity index (χ1) is 7.19. The Balaban J connectivity index is 2.21. The van der Waals surface area contributed by atoms with Crippen LogP contribution in [0.25, 0.3) is 0 Å². The molecule has 2 heterocycles. The van der Waals surface area contributed by atoms with Gasteiger partial charge in [-0.25, -0.2) is 4.68 Å². The van der Waals surface area contributed by atoms with Crippen molar-refractivity contribution in [1.29, 1.82) is 0 Å². The van der Waals surface area contributed by atoms with Gasteiger partial charge in [0.15, 0.2) is 6.29 Å². The zero-order valence-corrected chi connectivity index (χ0v) is 8.58. The fraction of sp³-hybridized carbons (Fsp3) is 0.333. The van der Waals surface area contributed by atoms with Crippen LogP contribution in [0.2, 0.25) is 0 Å². The molecule has 0 unspecified atom stereocenters. The Morgan fingerprint density at radius 2 is 2.33 bits per heavy atom. The van der Waals surface area contributed by atoms with E-state index in [1.165, 1.54) is 0 Å². The zero-order chi connectivity index (χ0) is 10.8. The molecule has 0 fully saturated rings. The summed E-state index contributed by atoms with van der Waals surface area (Å²) in [5, 5.41) is 11.7. The van der Waals surface area contributed by atoms with Gasteiger partial charge in [-0.2, -0.15) is 5.10 Å². The summed E-state index contributed by atoms with van der Waals surface area (Å²) in [6.45, 7) is 2.50. The fourth-order valence-corrected chi connectivity index (χ4v) is 1.42. The Bertz CT molecular complexity index is 484. The van der Waals surface area contributed by atoms with E-state index >= 15 is 0 Å². The average molecular weight is 205 g/mol. The van der Waals surface area contributed by atoms with E-state index in [0.29, 0.717) is 18.5 Å². The molecule has 0 aliphatic rings. The summed E-state index contributed by atoms with van der Waals surface area (Å²) in [7, 11) is 1.87. The van der Waals surface area contributed by atoms with Crippen LogP contribution in [-0.2, 0) is 13.6 Å². The van der Waals surface area contributed by atoms with Crippen molar-refractivity contribution in [2.75, 3.05) is 0 Å². The molecule has 2 rings (SSSR count). The molecule has 78 valence electrons. The standard InChI is InChI=1S/C9H11N5O/c1-7-3-9(13(2)11-7)5-14-4-8(6-15)10-12-14/h3-4,6H,5H2,1-2H3. The maximum atomic E-state index is 10.4. The Hall–Kier alpha value is -1.98. The molecule has 0 aliphatic heterocycles. The molecule has 0 aliphatic carbocycles. The molecular formula is C9H11N5O. The van der Waals surface area contributed by atoms with Gasteiger partial charge in [0.05, 0.1) is 24.1 Å². The molecule has 2 aromatic heterocycles. The van der Waals surface area contributed by atoms with Crippen LogP contribution in [0.5, 0.6) is 0 Å². The molecular weight excluding hydrogens is 194 g/mol. The van der Waals surface area contributed by atoms with E-state index in [1.54, 1.807) is 15.6 Å². The average Bonchev–Trinajstić information content (AvgIpc) is 2.75. The van der Waals surface area contributed by atoms with Crippen LogP contribution in [0.15, 0.2) is 12.3 Å². The van der Waals surface area contributed by atoms with Crippen LogP contribution in [0.4, 0.5) is 0 Å². The number of carbonyl (C=O) groups is 1. The van der Waals surface area contributed by atoms with E-state index in [1.807, 2.05) is 20.0 Å². The molecule has 0 amide bonds. The lowest BCUT2D eigenvalue weighted by Gasteiger charge is -1.99. The van der Waals surface area contributed by atoms with Crippen LogP contribution < -0.4 is 0 Å². The van der Waals surface area contributed by atoms with E-state index in [2.05, 4.69) is 15.4 Å². The van der Waals surface area contributed by atoms with Crippen molar-refractivity contribution in [3.8, 4) is 0 Å². The molecule has 6 nitrogen and oxygen atoms in total. The predicted octanol–water partition coefficient (Wildman–Crippen LogP) is 0.181. The van der Waals surface area contributed by atoms with Crippen molar-refractivity contribution in [3.05, 3.63) is 29.3 Å². The lowest BCUT2D eigenvalue weighted by Crippen LogP contribution is -2.06. The van der Waals surface area contributed by atoms with Crippen LogP contribution in [0.3, 0.4) is 0 Å². The molecule has 0 saturated heterocycles. The molecule has 2 aromatic rings. The van der Waals surface area contributed by atoms with Gasteiger partial charge in [-0.05, 0) is 13.0 Å². The largest absolute Gasteiger partial charge is 0.296 e. The third-order valence-electron chi connectivity index (χ3n) is 2.10. The Morgan fingerprint density at radius 3 is 2.87 bits per heavy atom. The lowest BCUT2D eigenvalue weighted by molar-refractivity contribution is 0.111. The number of aldehydes is 1. The van der Waals surface area contributed by atoms with E-state index in [-0.39, 0.29) is 0 Å². The van der Waals surface area contributed by atoms with Crippen molar-refractivity contribution in [2.24, 2.45) is 7.05 Å². The smallest absolute Gasteiger partial charge is 0.171 e. The Labute approximate surface area is 86.5 Å². The normalized spacial score (nSPS) is 10.5. The maximum Gasteiger partial charge on any atom is 0.171 e. The zero-order valence-electron chi connectivity index (χ0n) is 8.58. The number of nitrogens with zero attached hydrogens (tertiary/aromatic N) is 5. The predicted molar refractivity (Wildman–Crippen MR) is 52.5 cm³/mol. The topological polar surface area (TPSA) is 65.6 Å². The van der Waals surface area contributed by atoms with Crippen molar-refractivity contribution < 1.29 is 4.79 Å². The monoisotopic (exact) mass is 205 g/mol. The Kier molecular flexibility index (Phi) is 2.32. The summed E-state index contributed by atoms with van der Waals surface area (Å²) in [5.41, 5.74) is 2.33. The highest BCUT2D eigenvalue weighted by Gasteiger charge is 2.04. The van der Waals surface area contributed by atoms with Crippen LogP contribution in [0, 0.1) is 6.92 Å². The first-order valence-electron chi connectivity index (χ1n) is 4.54. The lowest BCUT2D eigenvalue weighted by atomic mass is 10.3. The first-order valence-corrected chi connectivity index (χ1v) is 4.54. The molecule has 0 bridgehead atoms. The number of hydrogen-bond donors (Lipinski definition) is 0. The van der Waals surface area contributed by atoms with Crippen molar-refractivity contribution in [3.63, 3.8) is 0 Å². The summed E-state index contributed by atoms with van der Waals surface area (Å²) in [5.74, 6) is 0. The molecule has 0 spiro atoms. The summed E-state index contributed by atoms with van der Waals surface area (Å²) in [6, 6.07) is 1.97. The van der Waals surface area contributed by atoms with Crippen LogP contribution in [0.1, 0.15) is 21.9 Å². The number of rotatable bonds is 3. The second kappa shape index (κ2) is 3.64. The molecule has 0 N–H and O–H groups in total. The highest BCUT2D eigenvalue weighted by molar-refractivity contribution is 5.70. The van der Waals surface area contributed by atoms with Crippen LogP contribution >= 0.6 is 0 Å². The van der Waals surface area contributed by atoms with Gasteiger partial charge >= 0.3 is 0 Å². The second-order valence-corrected chi connectivity index (χ2v) is 3.36. The second-order valence-electron chi connectivity index (χ2n) is 3.36. The third-order valence-corrected chi connectivity index (χ3v) is 2.10. The van der Waals surface area contributed by atoms with Crippen molar-refractivity contribution >= 4 is 6.29 Å². The van der Waals surface area contributed by atoms with E-state index < -0.39 is 0 Å². The Morgan fingerprint density at radius 1 is 1.53 bits per heavy atom. The van der Waals surface area contributed by atoms with Gasteiger partial charge in [0.2, 0.25) is 0 Å². The van der Waals surface area contributed by atoms with Crippen molar-refractivity contribution in [1.82, 2.24) is 24.8 Å². The highest BCUT2D eigenvalue weighted by atomic mass is 16.1. The SMILES string of the molecule is Cc1cc(Cn2cc(C=O)nn2)n(C)n1. The minimum Gasteiger partial charge on any atom is -0.296 e. The van der Waals surface area contributed by atoms with Gasteiger partial charge in [0.1, 0.15) is 5.69 Å². The van der Waals surface area contributed by atoms with Gasteiger partial charge in [0.25, 0.3) is 0 Å². The molecule has 0 aromatic carbocycles. The van der Waals surface area contributed by atoms with Gasteiger partial charge in [-0.15, -0.1) is 5.10 Å². The quantitative estimate of drug-likeness (QED) is 0.670. The van der Waals surface area contributed by atoms with Crippen LogP contribution in [-0.4, -0.2) is 31.1 Å². The molecule has 0 atom stereocenters. The van der Waals surface area contributed by atoms with Gasteiger partial charge < -0.3 is 0 Å². The molecule has 15 heavy (non-hydrogen) atoms. The number of aryl methyl sites for hydroxylation is 2. The highest BCUT2D eigenvalue weighted by Crippen LogP contribution is 2.03. The molecule has 0 saturated carbocycles. The van der Waals surface area contributed by atoms with Gasteiger partial charge in [-0.1, -0.05) is 5.21 Å². The van der Waals surface area contributed by atoms with E-state index in [9.17, 15) is 4.79 Å². The van der Waals surface area contributed by atoms with Gasteiger partial charge in [-0.3, -0.25) is 9.48 Å². The van der Waals surface area contributed by atoms with Crippen molar-refractivity contribution in [2.45, 2.75) is 13.5 Å². The summed E-state index contributed by atoms with van der Waals surface area (Å²) >= 11 is 0. The summed E-state index contributed by atoms with van der Waals surface area (Å²) in [6.07, 6.45) is 2.29. The minimum absolute atomic E-state index is 0.342. The molecule has 0 radical (unpaired) electrons. The summed E-state index contributed by atoms with van der Waals surface area (Å²) in [4.78, 5) is 10.4.